The van der Waals surface area contributed by atoms with Crippen LogP contribution in [0.3, 0.4) is 0 Å². The summed E-state index contributed by atoms with van der Waals surface area (Å²) in [5, 5.41) is 12.5. The highest BCUT2D eigenvalue weighted by Gasteiger charge is 2.20. The first-order valence-corrected chi connectivity index (χ1v) is 12.7. The summed E-state index contributed by atoms with van der Waals surface area (Å²) < 4.78 is 13.2. The lowest BCUT2D eigenvalue weighted by molar-refractivity contribution is 0.0697. The first-order valence-electron chi connectivity index (χ1n) is 12.7. The maximum atomic E-state index is 13.2. The fourth-order valence-corrected chi connectivity index (χ4v) is 5.03. The predicted molar refractivity (Wildman–Crippen MR) is 147 cm³/mol. The molecule has 0 bridgehead atoms. The monoisotopic (exact) mass is 508 g/mol. The number of aromatic carboxylic acids is 1. The van der Waals surface area contributed by atoms with Gasteiger partial charge in [0.05, 0.1) is 11.6 Å². The van der Waals surface area contributed by atoms with Gasteiger partial charge >= 0.3 is 5.97 Å². The molecule has 1 atom stereocenters. The molecule has 2 N–H and O–H groups in total. The van der Waals surface area contributed by atoms with Gasteiger partial charge in [-0.3, -0.25) is 4.79 Å². The summed E-state index contributed by atoms with van der Waals surface area (Å²) in [5.74, 6) is -1.39. The number of carboxylic acids is 1. The zero-order valence-corrected chi connectivity index (χ0v) is 21.2. The maximum absolute atomic E-state index is 13.2. The van der Waals surface area contributed by atoms with Gasteiger partial charge in [-0.25, -0.2) is 9.18 Å². The lowest BCUT2D eigenvalue weighted by Gasteiger charge is -2.32. The van der Waals surface area contributed by atoms with Crippen molar-refractivity contribution in [3.05, 3.63) is 125 Å². The summed E-state index contributed by atoms with van der Waals surface area (Å²) >= 11 is 0. The molecule has 0 saturated carbocycles. The second kappa shape index (κ2) is 10.9. The van der Waals surface area contributed by atoms with Crippen LogP contribution in [-0.2, 0) is 13.0 Å². The van der Waals surface area contributed by atoms with Gasteiger partial charge in [0.15, 0.2) is 0 Å². The van der Waals surface area contributed by atoms with E-state index in [1.54, 1.807) is 24.3 Å². The highest BCUT2D eigenvalue weighted by atomic mass is 19.1. The van der Waals surface area contributed by atoms with Crippen molar-refractivity contribution < 1.29 is 19.1 Å². The van der Waals surface area contributed by atoms with Gasteiger partial charge in [0, 0.05) is 24.3 Å². The molecule has 4 aromatic rings. The van der Waals surface area contributed by atoms with Crippen molar-refractivity contribution in [2.24, 2.45) is 0 Å². The first kappa shape index (κ1) is 25.2. The number of hydrogen-bond donors (Lipinski definition) is 2. The van der Waals surface area contributed by atoms with Crippen LogP contribution in [0, 0.1) is 5.82 Å². The number of fused-ring (bicyclic) bond motifs is 1. The minimum Gasteiger partial charge on any atom is -0.478 e. The molecule has 0 saturated heterocycles. The molecule has 0 radical (unpaired) electrons. The van der Waals surface area contributed by atoms with E-state index in [1.807, 2.05) is 61.5 Å². The molecule has 5 rings (SSSR count). The third-order valence-electron chi connectivity index (χ3n) is 7.07. The van der Waals surface area contributed by atoms with E-state index in [0.29, 0.717) is 11.1 Å². The van der Waals surface area contributed by atoms with Crippen LogP contribution in [0.1, 0.15) is 56.8 Å². The molecule has 1 heterocycles. The molecule has 6 heteroatoms. The van der Waals surface area contributed by atoms with Gasteiger partial charge in [-0.15, -0.1) is 0 Å². The van der Waals surface area contributed by atoms with Crippen LogP contribution >= 0.6 is 0 Å². The lowest BCUT2D eigenvalue weighted by Crippen LogP contribution is -2.30. The van der Waals surface area contributed by atoms with Gasteiger partial charge in [0.1, 0.15) is 5.82 Å². The van der Waals surface area contributed by atoms with Crippen molar-refractivity contribution >= 4 is 17.6 Å². The average Bonchev–Trinajstić information content (AvgIpc) is 2.93. The molecule has 192 valence electrons. The Morgan fingerprint density at radius 3 is 2.45 bits per heavy atom. The molecule has 0 spiro atoms. The molecule has 0 aliphatic carbocycles. The Kier molecular flexibility index (Phi) is 7.22. The van der Waals surface area contributed by atoms with Gasteiger partial charge in [0.2, 0.25) is 0 Å². The Morgan fingerprint density at radius 2 is 1.71 bits per heavy atom. The van der Waals surface area contributed by atoms with E-state index in [4.69, 9.17) is 0 Å². The third-order valence-corrected chi connectivity index (χ3v) is 7.07. The van der Waals surface area contributed by atoms with Crippen LogP contribution in [0.25, 0.3) is 11.1 Å². The van der Waals surface area contributed by atoms with Crippen molar-refractivity contribution in [1.82, 2.24) is 5.32 Å². The Bertz CT molecular complexity index is 1470. The standard InChI is InChI=1S/C32H29FN2O3/c1-21(23-12-15-27(33)16-13-23)34-31(36)26-14-17-30-25(19-26)5-4-18-35(30)20-22-8-10-24(11-9-22)28-6-2-3-7-29(28)32(37)38/h2-3,6-17,19,21H,4-5,18,20H2,1H3,(H,34,36)(H,37,38). The van der Waals surface area contributed by atoms with Crippen LogP contribution in [0.5, 0.6) is 0 Å². The van der Waals surface area contributed by atoms with E-state index in [9.17, 15) is 19.1 Å². The smallest absolute Gasteiger partial charge is 0.336 e. The summed E-state index contributed by atoms with van der Waals surface area (Å²) in [4.78, 5) is 26.8. The first-order chi connectivity index (χ1) is 18.4. The molecule has 1 unspecified atom stereocenters. The highest BCUT2D eigenvalue weighted by Crippen LogP contribution is 2.31. The van der Waals surface area contributed by atoms with Crippen molar-refractivity contribution in [3.63, 3.8) is 0 Å². The van der Waals surface area contributed by atoms with Crippen molar-refractivity contribution in [3.8, 4) is 11.1 Å². The van der Waals surface area contributed by atoms with Crippen LogP contribution in [0.2, 0.25) is 0 Å². The normalized spacial score (nSPS) is 13.5. The Hall–Kier alpha value is -4.45. The van der Waals surface area contributed by atoms with E-state index in [0.717, 1.165) is 53.9 Å². The number of carbonyl (C=O) groups is 2. The highest BCUT2D eigenvalue weighted by molar-refractivity contribution is 5.96. The number of hydrogen-bond acceptors (Lipinski definition) is 3. The minimum absolute atomic E-state index is 0.154. The molecular weight excluding hydrogens is 479 g/mol. The number of rotatable bonds is 7. The molecule has 1 aliphatic rings. The zero-order chi connectivity index (χ0) is 26.6. The largest absolute Gasteiger partial charge is 0.478 e. The van der Waals surface area contributed by atoms with Gasteiger partial charge in [-0.2, -0.15) is 0 Å². The minimum atomic E-state index is -0.937. The van der Waals surface area contributed by atoms with Crippen molar-refractivity contribution in [2.45, 2.75) is 32.4 Å². The molecule has 1 aliphatic heterocycles. The second-order valence-electron chi connectivity index (χ2n) is 9.66. The van der Waals surface area contributed by atoms with Crippen molar-refractivity contribution in [2.75, 3.05) is 11.4 Å². The fourth-order valence-electron chi connectivity index (χ4n) is 5.03. The summed E-state index contributed by atoms with van der Waals surface area (Å²) in [6.07, 6.45) is 1.90. The number of halogens is 1. The number of carboxylic acid groups (broad SMARTS) is 1. The molecule has 5 nitrogen and oxygen atoms in total. The van der Waals surface area contributed by atoms with Crippen LogP contribution < -0.4 is 10.2 Å². The average molecular weight is 509 g/mol. The summed E-state index contributed by atoms with van der Waals surface area (Å²) in [7, 11) is 0. The number of amides is 1. The number of nitrogens with one attached hydrogen (secondary N) is 1. The van der Waals surface area contributed by atoms with E-state index in [2.05, 4.69) is 10.2 Å². The van der Waals surface area contributed by atoms with E-state index in [-0.39, 0.29) is 23.3 Å². The lowest BCUT2D eigenvalue weighted by atomic mass is 9.97. The molecule has 38 heavy (non-hydrogen) atoms. The van der Waals surface area contributed by atoms with Gasteiger partial charge in [-0.1, -0.05) is 54.6 Å². The molecule has 4 aromatic carbocycles. The number of carbonyl (C=O) groups excluding carboxylic acids is 1. The van der Waals surface area contributed by atoms with Crippen LogP contribution in [0.15, 0.2) is 91.0 Å². The molecular formula is C32H29FN2O3. The molecule has 0 aromatic heterocycles. The SMILES string of the molecule is CC(NC(=O)c1ccc2c(c1)CCCN2Cc1ccc(-c2ccccc2C(=O)O)cc1)c1ccc(F)cc1. The Morgan fingerprint density at radius 1 is 0.974 bits per heavy atom. The maximum Gasteiger partial charge on any atom is 0.336 e. The topological polar surface area (TPSA) is 69.6 Å². The zero-order valence-electron chi connectivity index (χ0n) is 21.2. The van der Waals surface area contributed by atoms with Crippen LogP contribution in [0.4, 0.5) is 10.1 Å². The van der Waals surface area contributed by atoms with Gasteiger partial charge in [-0.05, 0) is 84.0 Å². The van der Waals surface area contributed by atoms with E-state index in [1.165, 1.54) is 12.1 Å². The number of nitrogens with zero attached hydrogens (tertiary/aromatic N) is 1. The molecule has 1 amide bonds. The third kappa shape index (κ3) is 5.44. The van der Waals surface area contributed by atoms with Crippen molar-refractivity contribution in [1.29, 1.82) is 0 Å². The van der Waals surface area contributed by atoms with Gasteiger partial charge < -0.3 is 15.3 Å². The van der Waals surface area contributed by atoms with Crippen LogP contribution in [-0.4, -0.2) is 23.5 Å². The predicted octanol–water partition coefficient (Wildman–Crippen LogP) is 6.63. The van der Waals surface area contributed by atoms with Gasteiger partial charge in [0.25, 0.3) is 5.91 Å². The number of anilines is 1. The summed E-state index contributed by atoms with van der Waals surface area (Å²) in [6.45, 7) is 3.53. The Labute approximate surface area is 221 Å². The number of aryl methyl sites for hydroxylation is 1. The summed E-state index contributed by atoms with van der Waals surface area (Å²) in [5.41, 5.74) is 6.72. The Balaban J connectivity index is 1.29. The summed E-state index contributed by atoms with van der Waals surface area (Å²) in [6, 6.07) is 26.8. The van der Waals surface area contributed by atoms with E-state index >= 15 is 0 Å². The number of benzene rings is 4. The quantitative estimate of drug-likeness (QED) is 0.294. The second-order valence-corrected chi connectivity index (χ2v) is 9.66. The fraction of sp³-hybridized carbons (Fsp3) is 0.188. The molecule has 0 fully saturated rings. The van der Waals surface area contributed by atoms with E-state index < -0.39 is 5.97 Å².